The summed E-state index contributed by atoms with van der Waals surface area (Å²) in [6, 6.07) is 4.82. The Morgan fingerprint density at radius 3 is 2.78 bits per heavy atom. The summed E-state index contributed by atoms with van der Waals surface area (Å²) in [6.45, 7) is 1.82. The molecule has 1 fully saturated rings. The standard InChI is InChI=1S/C12H16N2O3S/c1-8-2-3-9(13)6-11(8)12(15)14-10-4-5-18(16,17)7-10/h2-3,6,10H,4-5,7,13H2,1H3,(H,14,15). The predicted octanol–water partition coefficient (Wildman–Crippen LogP) is 0.494. The lowest BCUT2D eigenvalue weighted by Gasteiger charge is -2.12. The number of carbonyl (C=O) groups excluding carboxylic acids is 1. The highest BCUT2D eigenvalue weighted by Gasteiger charge is 2.29. The maximum atomic E-state index is 12.0. The molecule has 98 valence electrons. The second-order valence-electron chi connectivity index (χ2n) is 4.65. The Hall–Kier alpha value is -1.56. The number of aryl methyl sites for hydroxylation is 1. The van der Waals surface area contributed by atoms with E-state index in [0.717, 1.165) is 5.56 Å². The van der Waals surface area contributed by atoms with Gasteiger partial charge in [0.15, 0.2) is 9.84 Å². The molecule has 1 aliphatic heterocycles. The number of carbonyl (C=O) groups is 1. The molecule has 1 saturated heterocycles. The van der Waals surface area contributed by atoms with E-state index in [1.54, 1.807) is 18.2 Å². The number of rotatable bonds is 2. The molecule has 1 atom stereocenters. The van der Waals surface area contributed by atoms with Crippen LogP contribution in [-0.4, -0.2) is 31.9 Å². The molecule has 1 aromatic carbocycles. The molecule has 0 aliphatic carbocycles. The number of nitrogens with two attached hydrogens (primary N) is 1. The normalized spacial score (nSPS) is 21.7. The fourth-order valence-electron chi connectivity index (χ4n) is 2.06. The Morgan fingerprint density at radius 1 is 1.44 bits per heavy atom. The van der Waals surface area contributed by atoms with Gasteiger partial charge in [-0.2, -0.15) is 0 Å². The van der Waals surface area contributed by atoms with Crippen LogP contribution in [0.1, 0.15) is 22.3 Å². The van der Waals surface area contributed by atoms with Crippen LogP contribution in [0, 0.1) is 6.92 Å². The Balaban J connectivity index is 2.11. The smallest absolute Gasteiger partial charge is 0.251 e. The van der Waals surface area contributed by atoms with E-state index in [0.29, 0.717) is 17.7 Å². The summed E-state index contributed by atoms with van der Waals surface area (Å²) < 4.78 is 22.6. The van der Waals surface area contributed by atoms with Gasteiger partial charge in [-0.05, 0) is 31.0 Å². The van der Waals surface area contributed by atoms with Gasteiger partial charge in [0.2, 0.25) is 0 Å². The number of benzene rings is 1. The number of nitrogen functional groups attached to an aromatic ring is 1. The number of amides is 1. The Labute approximate surface area is 106 Å². The summed E-state index contributed by atoms with van der Waals surface area (Å²) in [4.78, 5) is 12.0. The van der Waals surface area contributed by atoms with Gasteiger partial charge in [-0.3, -0.25) is 4.79 Å². The van der Waals surface area contributed by atoms with Crippen molar-refractivity contribution in [2.24, 2.45) is 0 Å². The summed E-state index contributed by atoms with van der Waals surface area (Å²) in [5.41, 5.74) is 7.48. The van der Waals surface area contributed by atoms with Crippen molar-refractivity contribution in [3.05, 3.63) is 29.3 Å². The number of sulfone groups is 1. The molecule has 0 aromatic heterocycles. The molecule has 1 unspecified atom stereocenters. The quantitative estimate of drug-likeness (QED) is 0.764. The van der Waals surface area contributed by atoms with Crippen LogP contribution in [0.5, 0.6) is 0 Å². The minimum absolute atomic E-state index is 0.0279. The zero-order chi connectivity index (χ0) is 13.3. The van der Waals surface area contributed by atoms with Crippen molar-refractivity contribution in [2.75, 3.05) is 17.2 Å². The van der Waals surface area contributed by atoms with Gasteiger partial charge in [0.25, 0.3) is 5.91 Å². The van der Waals surface area contributed by atoms with E-state index >= 15 is 0 Å². The van der Waals surface area contributed by atoms with E-state index in [9.17, 15) is 13.2 Å². The van der Waals surface area contributed by atoms with Gasteiger partial charge in [-0.25, -0.2) is 8.42 Å². The van der Waals surface area contributed by atoms with Crippen LogP contribution in [0.3, 0.4) is 0 Å². The Bertz CT molecular complexity index is 581. The van der Waals surface area contributed by atoms with Crippen LogP contribution in [0.2, 0.25) is 0 Å². The molecular weight excluding hydrogens is 252 g/mol. The lowest BCUT2D eigenvalue weighted by atomic mass is 10.1. The Kier molecular flexibility index (Phi) is 3.30. The maximum Gasteiger partial charge on any atom is 0.251 e. The fourth-order valence-corrected chi connectivity index (χ4v) is 3.73. The highest BCUT2D eigenvalue weighted by Crippen LogP contribution is 2.15. The molecular formula is C12H16N2O3S. The van der Waals surface area contributed by atoms with Crippen LogP contribution < -0.4 is 11.1 Å². The van der Waals surface area contributed by atoms with Crippen molar-refractivity contribution in [1.82, 2.24) is 5.32 Å². The van der Waals surface area contributed by atoms with Crippen LogP contribution in [0.15, 0.2) is 18.2 Å². The van der Waals surface area contributed by atoms with Gasteiger partial charge in [-0.15, -0.1) is 0 Å². The highest BCUT2D eigenvalue weighted by molar-refractivity contribution is 7.91. The molecule has 0 saturated carbocycles. The Morgan fingerprint density at radius 2 is 2.17 bits per heavy atom. The molecule has 2 rings (SSSR count). The number of hydrogen-bond donors (Lipinski definition) is 2. The lowest BCUT2D eigenvalue weighted by Crippen LogP contribution is -2.35. The zero-order valence-electron chi connectivity index (χ0n) is 10.1. The minimum atomic E-state index is -2.98. The molecule has 1 aliphatic rings. The molecule has 18 heavy (non-hydrogen) atoms. The van der Waals surface area contributed by atoms with E-state index in [4.69, 9.17) is 5.73 Å². The second-order valence-corrected chi connectivity index (χ2v) is 6.88. The van der Waals surface area contributed by atoms with Crippen molar-refractivity contribution in [3.8, 4) is 0 Å². The first kappa shape index (κ1) is 12.9. The number of hydrogen-bond acceptors (Lipinski definition) is 4. The molecule has 0 radical (unpaired) electrons. The molecule has 0 bridgehead atoms. The van der Waals surface area contributed by atoms with Gasteiger partial charge in [0.1, 0.15) is 0 Å². The van der Waals surface area contributed by atoms with Crippen LogP contribution in [0.25, 0.3) is 0 Å². The molecule has 3 N–H and O–H groups in total. The molecule has 1 aromatic rings. The molecule has 6 heteroatoms. The third-order valence-corrected chi connectivity index (χ3v) is 4.84. The van der Waals surface area contributed by atoms with Crippen molar-refractivity contribution in [1.29, 1.82) is 0 Å². The minimum Gasteiger partial charge on any atom is -0.399 e. The maximum absolute atomic E-state index is 12.0. The first-order chi connectivity index (χ1) is 8.37. The third kappa shape index (κ3) is 2.81. The van der Waals surface area contributed by atoms with E-state index in [-0.39, 0.29) is 23.5 Å². The van der Waals surface area contributed by atoms with Crippen molar-refractivity contribution in [3.63, 3.8) is 0 Å². The average Bonchev–Trinajstić information content (AvgIpc) is 2.61. The highest BCUT2D eigenvalue weighted by atomic mass is 32.2. The monoisotopic (exact) mass is 268 g/mol. The number of nitrogens with one attached hydrogen (secondary N) is 1. The topological polar surface area (TPSA) is 89.3 Å². The van der Waals surface area contributed by atoms with Gasteiger partial charge < -0.3 is 11.1 Å². The van der Waals surface area contributed by atoms with Crippen LogP contribution >= 0.6 is 0 Å². The first-order valence-corrected chi connectivity index (χ1v) is 7.57. The summed E-state index contributed by atoms with van der Waals surface area (Å²) >= 11 is 0. The van der Waals surface area contributed by atoms with Gasteiger partial charge in [-0.1, -0.05) is 6.07 Å². The van der Waals surface area contributed by atoms with Crippen molar-refractivity contribution < 1.29 is 13.2 Å². The summed E-state index contributed by atoms with van der Waals surface area (Å²) in [7, 11) is -2.98. The fraction of sp³-hybridized carbons (Fsp3) is 0.417. The van der Waals surface area contributed by atoms with Crippen LogP contribution in [0.4, 0.5) is 5.69 Å². The van der Waals surface area contributed by atoms with Crippen molar-refractivity contribution >= 4 is 21.4 Å². The first-order valence-electron chi connectivity index (χ1n) is 5.75. The van der Waals surface area contributed by atoms with E-state index in [1.807, 2.05) is 6.92 Å². The van der Waals surface area contributed by atoms with E-state index < -0.39 is 9.84 Å². The van der Waals surface area contributed by atoms with Crippen LogP contribution in [-0.2, 0) is 9.84 Å². The number of anilines is 1. The van der Waals surface area contributed by atoms with Gasteiger partial charge in [0.05, 0.1) is 11.5 Å². The van der Waals surface area contributed by atoms with E-state index in [1.165, 1.54) is 0 Å². The molecule has 0 spiro atoms. The largest absolute Gasteiger partial charge is 0.399 e. The lowest BCUT2D eigenvalue weighted by molar-refractivity contribution is 0.0940. The molecule has 1 amide bonds. The zero-order valence-corrected chi connectivity index (χ0v) is 11.0. The summed E-state index contributed by atoms with van der Waals surface area (Å²) in [6.07, 6.45) is 0.482. The molecule has 1 heterocycles. The average molecular weight is 268 g/mol. The predicted molar refractivity (Wildman–Crippen MR) is 70.1 cm³/mol. The van der Waals surface area contributed by atoms with Gasteiger partial charge >= 0.3 is 0 Å². The van der Waals surface area contributed by atoms with Crippen molar-refractivity contribution in [2.45, 2.75) is 19.4 Å². The second kappa shape index (κ2) is 4.61. The SMILES string of the molecule is Cc1ccc(N)cc1C(=O)NC1CCS(=O)(=O)C1. The molecule has 5 nitrogen and oxygen atoms in total. The summed E-state index contributed by atoms with van der Waals surface area (Å²) in [5, 5.41) is 2.75. The van der Waals surface area contributed by atoms with Gasteiger partial charge in [0, 0.05) is 17.3 Å². The van der Waals surface area contributed by atoms with E-state index in [2.05, 4.69) is 5.32 Å². The third-order valence-electron chi connectivity index (χ3n) is 3.07. The summed E-state index contributed by atoms with van der Waals surface area (Å²) in [5.74, 6) is -0.0876.